The van der Waals surface area contributed by atoms with Crippen molar-refractivity contribution >= 4 is 40.1 Å². The Kier molecular flexibility index (Phi) is 2.82. The number of benzene rings is 3. The van der Waals surface area contributed by atoms with Crippen LogP contribution in [-0.4, -0.2) is 6.03 Å². The van der Waals surface area contributed by atoms with E-state index in [0.29, 0.717) is 0 Å². The Labute approximate surface area is 126 Å². The summed E-state index contributed by atoms with van der Waals surface area (Å²) in [6.45, 7) is 0. The SMILES string of the molecule is O=C1Nc2ccccc2SN1c1ccc2ccccc2c1. The van der Waals surface area contributed by atoms with Crippen LogP contribution in [0.25, 0.3) is 10.8 Å². The third kappa shape index (κ3) is 2.14. The van der Waals surface area contributed by atoms with Gasteiger partial charge >= 0.3 is 6.03 Å². The Morgan fingerprint density at radius 2 is 1.62 bits per heavy atom. The van der Waals surface area contributed by atoms with Crippen LogP contribution in [0.2, 0.25) is 0 Å². The Bertz CT molecular complexity index is 847. The van der Waals surface area contributed by atoms with Crippen molar-refractivity contribution in [3.63, 3.8) is 0 Å². The zero-order valence-electron chi connectivity index (χ0n) is 11.1. The third-order valence-corrected chi connectivity index (χ3v) is 4.58. The molecule has 4 rings (SSSR count). The molecular weight excluding hydrogens is 280 g/mol. The van der Waals surface area contributed by atoms with Gasteiger partial charge < -0.3 is 5.32 Å². The zero-order valence-corrected chi connectivity index (χ0v) is 11.9. The maximum absolute atomic E-state index is 12.3. The average Bonchev–Trinajstić information content (AvgIpc) is 2.54. The summed E-state index contributed by atoms with van der Waals surface area (Å²) in [4.78, 5) is 13.3. The number of nitrogens with zero attached hydrogens (tertiary/aromatic N) is 1. The summed E-state index contributed by atoms with van der Waals surface area (Å²) in [6.07, 6.45) is 0. The maximum atomic E-state index is 12.3. The molecule has 3 aromatic rings. The van der Waals surface area contributed by atoms with E-state index < -0.39 is 0 Å². The molecule has 0 saturated heterocycles. The molecule has 0 aliphatic carbocycles. The standard InChI is InChI=1S/C17H12N2OS/c20-17-18-15-7-3-4-8-16(15)21-19(17)14-10-9-12-5-1-2-6-13(12)11-14/h1-11H,(H,18,20). The van der Waals surface area contributed by atoms with Crippen LogP contribution < -0.4 is 9.62 Å². The lowest BCUT2D eigenvalue weighted by Gasteiger charge is -2.27. The largest absolute Gasteiger partial charge is 0.336 e. The van der Waals surface area contributed by atoms with E-state index in [-0.39, 0.29) is 6.03 Å². The summed E-state index contributed by atoms with van der Waals surface area (Å²) in [7, 11) is 0. The van der Waals surface area contributed by atoms with Gasteiger partial charge in [0.1, 0.15) is 0 Å². The predicted octanol–water partition coefficient (Wildman–Crippen LogP) is 4.90. The zero-order chi connectivity index (χ0) is 14.2. The molecule has 0 aromatic heterocycles. The number of hydrogen-bond donors (Lipinski definition) is 1. The van der Waals surface area contributed by atoms with E-state index in [2.05, 4.69) is 17.4 Å². The normalized spacial score (nSPS) is 13.9. The van der Waals surface area contributed by atoms with Gasteiger partial charge in [-0.1, -0.05) is 42.5 Å². The minimum Gasteiger partial charge on any atom is -0.306 e. The molecular formula is C17H12N2OS. The lowest BCUT2D eigenvalue weighted by atomic mass is 10.1. The van der Waals surface area contributed by atoms with E-state index in [4.69, 9.17) is 0 Å². The molecule has 0 unspecified atom stereocenters. The van der Waals surface area contributed by atoms with Crippen LogP contribution in [0.1, 0.15) is 0 Å². The van der Waals surface area contributed by atoms with Crippen molar-refractivity contribution < 1.29 is 4.79 Å². The minimum atomic E-state index is -0.117. The van der Waals surface area contributed by atoms with Gasteiger partial charge in [0, 0.05) is 0 Å². The van der Waals surface area contributed by atoms with Gasteiger partial charge in [-0.25, -0.2) is 9.10 Å². The monoisotopic (exact) mass is 292 g/mol. The Hall–Kier alpha value is -2.46. The number of anilines is 2. The second kappa shape index (κ2) is 4.82. The van der Waals surface area contributed by atoms with Crippen LogP contribution in [0.3, 0.4) is 0 Å². The first-order chi connectivity index (χ1) is 10.3. The molecule has 1 heterocycles. The molecule has 3 aromatic carbocycles. The topological polar surface area (TPSA) is 32.3 Å². The smallest absolute Gasteiger partial charge is 0.306 e. The highest BCUT2D eigenvalue weighted by Gasteiger charge is 2.24. The maximum Gasteiger partial charge on any atom is 0.336 e. The van der Waals surface area contributed by atoms with Gasteiger partial charge in [-0.2, -0.15) is 0 Å². The fourth-order valence-corrected chi connectivity index (χ4v) is 3.33. The summed E-state index contributed by atoms with van der Waals surface area (Å²) in [5, 5.41) is 5.22. The van der Waals surface area contributed by atoms with Crippen molar-refractivity contribution in [2.75, 3.05) is 9.62 Å². The minimum absolute atomic E-state index is 0.117. The van der Waals surface area contributed by atoms with Gasteiger partial charge in [-0.15, -0.1) is 0 Å². The highest BCUT2D eigenvalue weighted by atomic mass is 32.2. The third-order valence-electron chi connectivity index (χ3n) is 3.47. The number of nitrogens with one attached hydrogen (secondary N) is 1. The van der Waals surface area contributed by atoms with Gasteiger partial charge in [-0.05, 0) is 47.0 Å². The van der Waals surface area contributed by atoms with Gasteiger partial charge in [0.05, 0.1) is 16.3 Å². The van der Waals surface area contributed by atoms with Crippen LogP contribution in [0.4, 0.5) is 16.2 Å². The Balaban J connectivity index is 1.76. The lowest BCUT2D eigenvalue weighted by Crippen LogP contribution is -2.32. The first-order valence-corrected chi connectivity index (χ1v) is 7.45. The highest BCUT2D eigenvalue weighted by molar-refractivity contribution is 8.01. The van der Waals surface area contributed by atoms with Crippen molar-refractivity contribution in [2.45, 2.75) is 4.90 Å². The molecule has 3 nitrogen and oxygen atoms in total. The van der Waals surface area contributed by atoms with E-state index >= 15 is 0 Å². The molecule has 0 atom stereocenters. The second-order valence-electron chi connectivity index (χ2n) is 4.84. The molecule has 1 aliphatic heterocycles. The van der Waals surface area contributed by atoms with Gasteiger partial charge in [0.15, 0.2) is 0 Å². The molecule has 4 heteroatoms. The summed E-state index contributed by atoms with van der Waals surface area (Å²) in [5.41, 5.74) is 1.75. The van der Waals surface area contributed by atoms with Crippen LogP contribution in [0, 0.1) is 0 Å². The van der Waals surface area contributed by atoms with E-state index in [9.17, 15) is 4.79 Å². The number of carbonyl (C=O) groups is 1. The molecule has 2 amide bonds. The second-order valence-corrected chi connectivity index (χ2v) is 5.83. The number of fused-ring (bicyclic) bond motifs is 2. The molecule has 21 heavy (non-hydrogen) atoms. The summed E-state index contributed by atoms with van der Waals surface area (Å²) in [5.74, 6) is 0. The van der Waals surface area contributed by atoms with Crippen LogP contribution in [-0.2, 0) is 0 Å². The number of urea groups is 1. The quantitative estimate of drug-likeness (QED) is 0.647. The summed E-state index contributed by atoms with van der Waals surface area (Å²) >= 11 is 1.45. The first-order valence-electron chi connectivity index (χ1n) is 6.68. The molecule has 0 bridgehead atoms. The van der Waals surface area contributed by atoms with Crippen molar-refractivity contribution in [3.8, 4) is 0 Å². The van der Waals surface area contributed by atoms with Gasteiger partial charge in [0.2, 0.25) is 0 Å². The van der Waals surface area contributed by atoms with Crippen LogP contribution in [0.15, 0.2) is 71.6 Å². The molecule has 1 aliphatic rings. The molecule has 0 radical (unpaired) electrons. The first kappa shape index (κ1) is 12.3. The van der Waals surface area contributed by atoms with Crippen LogP contribution in [0.5, 0.6) is 0 Å². The summed E-state index contributed by atoms with van der Waals surface area (Å²) in [6, 6.07) is 21.9. The van der Waals surface area contributed by atoms with Crippen molar-refractivity contribution in [1.29, 1.82) is 0 Å². The number of hydrogen-bond acceptors (Lipinski definition) is 2. The highest BCUT2D eigenvalue weighted by Crippen LogP contribution is 2.38. The van der Waals surface area contributed by atoms with E-state index in [1.807, 2.05) is 54.6 Å². The fourth-order valence-electron chi connectivity index (χ4n) is 2.43. The van der Waals surface area contributed by atoms with Crippen molar-refractivity contribution in [2.24, 2.45) is 0 Å². The molecule has 1 N–H and O–H groups in total. The number of para-hydroxylation sites is 1. The van der Waals surface area contributed by atoms with Crippen molar-refractivity contribution in [3.05, 3.63) is 66.7 Å². The van der Waals surface area contributed by atoms with Gasteiger partial charge in [0.25, 0.3) is 0 Å². The lowest BCUT2D eigenvalue weighted by molar-refractivity contribution is 0.260. The van der Waals surface area contributed by atoms with Gasteiger partial charge in [-0.3, -0.25) is 0 Å². The molecule has 102 valence electrons. The van der Waals surface area contributed by atoms with E-state index in [1.54, 1.807) is 4.31 Å². The van der Waals surface area contributed by atoms with Crippen LogP contribution >= 0.6 is 11.9 Å². The summed E-state index contributed by atoms with van der Waals surface area (Å²) < 4.78 is 1.69. The molecule has 0 saturated carbocycles. The predicted molar refractivity (Wildman–Crippen MR) is 87.7 cm³/mol. The van der Waals surface area contributed by atoms with E-state index in [1.165, 1.54) is 17.3 Å². The number of amides is 2. The van der Waals surface area contributed by atoms with E-state index in [0.717, 1.165) is 21.7 Å². The number of rotatable bonds is 1. The molecule has 0 spiro atoms. The average molecular weight is 292 g/mol. The number of carbonyl (C=O) groups excluding carboxylic acids is 1. The Morgan fingerprint density at radius 3 is 2.52 bits per heavy atom. The fraction of sp³-hybridized carbons (Fsp3) is 0. The molecule has 0 fully saturated rings. The van der Waals surface area contributed by atoms with Crippen molar-refractivity contribution in [1.82, 2.24) is 0 Å². The Morgan fingerprint density at radius 1 is 0.857 bits per heavy atom.